The smallest absolute Gasteiger partial charge is 0.173 e. The predicted molar refractivity (Wildman–Crippen MR) is 83.8 cm³/mol. The molecule has 1 aromatic carbocycles. The van der Waals surface area contributed by atoms with Crippen LogP contribution in [-0.2, 0) is 0 Å². The highest BCUT2D eigenvalue weighted by Gasteiger charge is 2.25. The zero-order valence-electron chi connectivity index (χ0n) is 12.1. The number of hydrogen-bond acceptors (Lipinski definition) is 3. The van der Waals surface area contributed by atoms with E-state index in [-0.39, 0.29) is 5.84 Å². The maximum atomic E-state index is 8.96. The number of halogens is 1. The SMILES string of the molecule is CC1(C)CCCN(c2cccc(Cl)c2C(N)=NO)CC1. The molecule has 1 aliphatic rings. The van der Waals surface area contributed by atoms with Gasteiger partial charge in [-0.25, -0.2) is 0 Å². The van der Waals surface area contributed by atoms with Gasteiger partial charge in [0, 0.05) is 18.8 Å². The normalized spacial score (nSPS) is 19.8. The van der Waals surface area contributed by atoms with Gasteiger partial charge in [-0.2, -0.15) is 0 Å². The van der Waals surface area contributed by atoms with E-state index in [4.69, 9.17) is 22.5 Å². The van der Waals surface area contributed by atoms with E-state index in [1.165, 1.54) is 6.42 Å². The Labute approximate surface area is 125 Å². The Morgan fingerprint density at radius 1 is 1.35 bits per heavy atom. The van der Waals surface area contributed by atoms with Crippen LogP contribution >= 0.6 is 11.6 Å². The molecule has 1 fully saturated rings. The third kappa shape index (κ3) is 3.18. The number of nitrogens with zero attached hydrogens (tertiary/aromatic N) is 2. The summed E-state index contributed by atoms with van der Waals surface area (Å²) in [6.07, 6.45) is 3.47. The molecule has 3 N–H and O–H groups in total. The van der Waals surface area contributed by atoms with Crippen molar-refractivity contribution >= 4 is 23.1 Å². The van der Waals surface area contributed by atoms with Gasteiger partial charge in [-0.15, -0.1) is 0 Å². The van der Waals surface area contributed by atoms with Gasteiger partial charge in [-0.1, -0.05) is 36.7 Å². The number of nitrogens with two attached hydrogens (primary N) is 1. The average molecular weight is 296 g/mol. The molecule has 2 rings (SSSR count). The first-order valence-electron chi connectivity index (χ1n) is 6.96. The summed E-state index contributed by atoms with van der Waals surface area (Å²) in [5.41, 5.74) is 7.72. The van der Waals surface area contributed by atoms with Crippen molar-refractivity contribution in [1.82, 2.24) is 0 Å². The molecule has 20 heavy (non-hydrogen) atoms. The Kier molecular flexibility index (Phi) is 4.43. The van der Waals surface area contributed by atoms with Gasteiger partial charge in [0.2, 0.25) is 0 Å². The lowest BCUT2D eigenvalue weighted by Crippen LogP contribution is -2.28. The first kappa shape index (κ1) is 15.0. The summed E-state index contributed by atoms with van der Waals surface area (Å²) < 4.78 is 0. The Morgan fingerprint density at radius 2 is 2.10 bits per heavy atom. The highest BCUT2D eigenvalue weighted by Crippen LogP contribution is 2.34. The molecule has 110 valence electrons. The molecule has 1 heterocycles. The van der Waals surface area contributed by atoms with E-state index in [0.717, 1.165) is 31.6 Å². The minimum Gasteiger partial charge on any atom is -0.409 e. The number of hydrogen-bond donors (Lipinski definition) is 2. The van der Waals surface area contributed by atoms with Gasteiger partial charge < -0.3 is 15.8 Å². The fourth-order valence-corrected chi connectivity index (χ4v) is 3.01. The minimum absolute atomic E-state index is 0.0640. The number of benzene rings is 1. The summed E-state index contributed by atoms with van der Waals surface area (Å²) >= 11 is 6.22. The van der Waals surface area contributed by atoms with Crippen molar-refractivity contribution in [3.63, 3.8) is 0 Å². The van der Waals surface area contributed by atoms with Crippen LogP contribution in [0, 0.1) is 5.41 Å². The molecule has 0 aliphatic carbocycles. The highest BCUT2D eigenvalue weighted by atomic mass is 35.5. The van der Waals surface area contributed by atoms with Crippen molar-refractivity contribution in [1.29, 1.82) is 0 Å². The van der Waals surface area contributed by atoms with Crippen LogP contribution in [0.2, 0.25) is 5.02 Å². The Bertz CT molecular complexity index is 514. The molecule has 5 heteroatoms. The topological polar surface area (TPSA) is 61.8 Å². The Balaban J connectivity index is 2.35. The van der Waals surface area contributed by atoms with Crippen LogP contribution < -0.4 is 10.6 Å². The summed E-state index contributed by atoms with van der Waals surface area (Å²) in [5, 5.41) is 12.6. The molecule has 0 unspecified atom stereocenters. The van der Waals surface area contributed by atoms with E-state index < -0.39 is 0 Å². The van der Waals surface area contributed by atoms with Crippen LogP contribution in [-0.4, -0.2) is 24.1 Å². The van der Waals surface area contributed by atoms with Crippen molar-refractivity contribution in [3.8, 4) is 0 Å². The van der Waals surface area contributed by atoms with Crippen LogP contribution in [0.5, 0.6) is 0 Å². The molecule has 0 radical (unpaired) electrons. The molecule has 0 amide bonds. The first-order chi connectivity index (χ1) is 9.44. The van der Waals surface area contributed by atoms with Crippen LogP contribution in [0.25, 0.3) is 0 Å². The lowest BCUT2D eigenvalue weighted by atomic mass is 9.85. The maximum absolute atomic E-state index is 8.96. The van der Waals surface area contributed by atoms with Crippen molar-refractivity contribution in [3.05, 3.63) is 28.8 Å². The van der Waals surface area contributed by atoms with E-state index in [1.54, 1.807) is 6.07 Å². The molecule has 0 saturated carbocycles. The molecule has 0 atom stereocenters. The third-order valence-electron chi connectivity index (χ3n) is 4.04. The van der Waals surface area contributed by atoms with E-state index >= 15 is 0 Å². The number of rotatable bonds is 2. The molecule has 0 spiro atoms. The fourth-order valence-electron chi connectivity index (χ4n) is 2.74. The molecule has 1 aliphatic heterocycles. The summed E-state index contributed by atoms with van der Waals surface area (Å²) in [6, 6.07) is 5.65. The van der Waals surface area contributed by atoms with Crippen molar-refractivity contribution in [2.24, 2.45) is 16.3 Å². The zero-order chi connectivity index (χ0) is 14.8. The number of oxime groups is 1. The van der Waals surface area contributed by atoms with Gasteiger partial charge >= 0.3 is 0 Å². The van der Waals surface area contributed by atoms with Gasteiger partial charge in [0.05, 0.1) is 10.6 Å². The summed E-state index contributed by atoms with van der Waals surface area (Å²) in [4.78, 5) is 2.29. The van der Waals surface area contributed by atoms with Gasteiger partial charge in [-0.05, 0) is 36.8 Å². The maximum Gasteiger partial charge on any atom is 0.173 e. The number of anilines is 1. The third-order valence-corrected chi connectivity index (χ3v) is 4.35. The van der Waals surface area contributed by atoms with Gasteiger partial charge in [0.1, 0.15) is 0 Å². The second-order valence-corrected chi connectivity index (χ2v) is 6.53. The molecule has 1 aromatic rings. The molecule has 0 bridgehead atoms. The quantitative estimate of drug-likeness (QED) is 0.380. The van der Waals surface area contributed by atoms with E-state index in [0.29, 0.717) is 16.0 Å². The van der Waals surface area contributed by atoms with Gasteiger partial charge in [0.15, 0.2) is 5.84 Å². The average Bonchev–Trinajstić information content (AvgIpc) is 2.58. The largest absolute Gasteiger partial charge is 0.409 e. The van der Waals surface area contributed by atoms with Gasteiger partial charge in [-0.3, -0.25) is 0 Å². The second kappa shape index (κ2) is 5.92. The number of amidine groups is 1. The zero-order valence-corrected chi connectivity index (χ0v) is 12.8. The van der Waals surface area contributed by atoms with E-state index in [2.05, 4.69) is 23.9 Å². The molecule has 1 saturated heterocycles. The summed E-state index contributed by atoms with van der Waals surface area (Å²) in [6.45, 7) is 6.53. The van der Waals surface area contributed by atoms with Crippen LogP contribution in [0.15, 0.2) is 23.4 Å². The molecule has 0 aromatic heterocycles. The highest BCUT2D eigenvalue weighted by molar-refractivity contribution is 6.34. The Morgan fingerprint density at radius 3 is 2.80 bits per heavy atom. The lowest BCUT2D eigenvalue weighted by molar-refractivity contribution is 0.318. The van der Waals surface area contributed by atoms with Crippen molar-refractivity contribution < 1.29 is 5.21 Å². The van der Waals surface area contributed by atoms with Gasteiger partial charge in [0.25, 0.3) is 0 Å². The van der Waals surface area contributed by atoms with Crippen molar-refractivity contribution in [2.75, 3.05) is 18.0 Å². The summed E-state index contributed by atoms with van der Waals surface area (Å²) in [7, 11) is 0. The Hall–Kier alpha value is -1.42. The summed E-state index contributed by atoms with van der Waals surface area (Å²) in [5.74, 6) is 0.0640. The van der Waals surface area contributed by atoms with E-state index in [1.807, 2.05) is 12.1 Å². The van der Waals surface area contributed by atoms with Crippen LogP contribution in [0.3, 0.4) is 0 Å². The standard InChI is InChI=1S/C15H22ClN3O/c1-15(2)7-4-9-19(10-8-15)12-6-3-5-11(16)13(12)14(17)18-20/h3,5-6,20H,4,7-10H2,1-2H3,(H2,17,18). The van der Waals surface area contributed by atoms with Crippen LogP contribution in [0.1, 0.15) is 38.7 Å². The van der Waals surface area contributed by atoms with Crippen LogP contribution in [0.4, 0.5) is 5.69 Å². The first-order valence-corrected chi connectivity index (χ1v) is 7.34. The lowest BCUT2D eigenvalue weighted by Gasteiger charge is -2.27. The second-order valence-electron chi connectivity index (χ2n) is 6.12. The molecular weight excluding hydrogens is 274 g/mol. The fraction of sp³-hybridized carbons (Fsp3) is 0.533. The monoisotopic (exact) mass is 295 g/mol. The predicted octanol–water partition coefficient (Wildman–Crippen LogP) is 3.45. The minimum atomic E-state index is 0.0640. The molecule has 4 nitrogen and oxygen atoms in total. The van der Waals surface area contributed by atoms with E-state index in [9.17, 15) is 0 Å². The van der Waals surface area contributed by atoms with Crippen molar-refractivity contribution in [2.45, 2.75) is 33.1 Å². The molecular formula is C15H22ClN3O.